The van der Waals surface area contributed by atoms with Gasteiger partial charge in [-0.05, 0) is 36.8 Å². The molecular formula is C22H19N3O4. The summed E-state index contributed by atoms with van der Waals surface area (Å²) in [5, 5.41) is 16.5. The molecule has 0 saturated carbocycles. The van der Waals surface area contributed by atoms with E-state index in [2.05, 4.69) is 10.6 Å². The lowest BCUT2D eigenvalue weighted by molar-refractivity contribution is -0.384. The Morgan fingerprint density at radius 3 is 2.21 bits per heavy atom. The van der Waals surface area contributed by atoms with E-state index in [1.54, 1.807) is 24.3 Å². The van der Waals surface area contributed by atoms with E-state index in [0.717, 1.165) is 5.56 Å². The van der Waals surface area contributed by atoms with Crippen molar-refractivity contribution in [2.45, 2.75) is 13.0 Å². The maximum absolute atomic E-state index is 12.6. The Morgan fingerprint density at radius 2 is 1.52 bits per heavy atom. The number of non-ortho nitro benzene ring substituents is 1. The Labute approximate surface area is 167 Å². The van der Waals surface area contributed by atoms with Crippen LogP contribution < -0.4 is 10.6 Å². The van der Waals surface area contributed by atoms with Crippen LogP contribution in [0.3, 0.4) is 0 Å². The average Bonchev–Trinajstić information content (AvgIpc) is 2.74. The molecule has 7 nitrogen and oxygen atoms in total. The van der Waals surface area contributed by atoms with Gasteiger partial charge in [0.05, 0.1) is 11.0 Å². The summed E-state index contributed by atoms with van der Waals surface area (Å²) in [5.74, 6) is -0.767. The fraction of sp³-hybridized carbons (Fsp3) is 0.0909. The molecule has 0 unspecified atom stereocenters. The summed E-state index contributed by atoms with van der Waals surface area (Å²) in [4.78, 5) is 35.3. The smallest absolute Gasteiger partial charge is 0.270 e. The number of hydrogen-bond donors (Lipinski definition) is 2. The maximum atomic E-state index is 12.6. The number of hydrogen-bond acceptors (Lipinski definition) is 4. The van der Waals surface area contributed by atoms with E-state index in [9.17, 15) is 19.7 Å². The number of nitro groups is 1. The van der Waals surface area contributed by atoms with Gasteiger partial charge in [-0.25, -0.2) is 0 Å². The van der Waals surface area contributed by atoms with Crippen molar-refractivity contribution in [1.82, 2.24) is 5.32 Å². The van der Waals surface area contributed by atoms with Gasteiger partial charge in [0.15, 0.2) is 0 Å². The number of rotatable bonds is 6. The Hall–Kier alpha value is -4.00. The maximum Gasteiger partial charge on any atom is 0.270 e. The van der Waals surface area contributed by atoms with Gasteiger partial charge in [0.25, 0.3) is 17.5 Å². The van der Waals surface area contributed by atoms with Gasteiger partial charge >= 0.3 is 0 Å². The number of nitrogens with zero attached hydrogens (tertiary/aromatic N) is 1. The zero-order chi connectivity index (χ0) is 20.8. The minimum absolute atomic E-state index is 0.159. The third kappa shape index (κ3) is 5.04. The lowest BCUT2D eigenvalue weighted by Gasteiger charge is -2.15. The molecule has 0 fully saturated rings. The normalized spacial score (nSPS) is 11.3. The zero-order valence-corrected chi connectivity index (χ0v) is 15.7. The Balaban J connectivity index is 1.70. The first-order valence-electron chi connectivity index (χ1n) is 8.96. The average molecular weight is 389 g/mol. The molecule has 1 atom stereocenters. The van der Waals surface area contributed by atoms with Crippen molar-refractivity contribution < 1.29 is 14.5 Å². The lowest BCUT2D eigenvalue weighted by Crippen LogP contribution is -2.26. The minimum atomic E-state index is -0.560. The van der Waals surface area contributed by atoms with Gasteiger partial charge in [0.1, 0.15) is 0 Å². The molecule has 29 heavy (non-hydrogen) atoms. The Morgan fingerprint density at radius 1 is 0.862 bits per heavy atom. The van der Waals surface area contributed by atoms with Gasteiger partial charge in [-0.15, -0.1) is 0 Å². The van der Waals surface area contributed by atoms with Crippen LogP contribution >= 0.6 is 0 Å². The van der Waals surface area contributed by atoms with E-state index in [0.29, 0.717) is 11.3 Å². The van der Waals surface area contributed by atoms with Crippen LogP contribution in [0.1, 0.15) is 39.2 Å². The van der Waals surface area contributed by atoms with Crippen molar-refractivity contribution in [2.24, 2.45) is 0 Å². The molecule has 2 N–H and O–H groups in total. The van der Waals surface area contributed by atoms with Crippen LogP contribution in [0.2, 0.25) is 0 Å². The number of carbonyl (C=O) groups is 2. The van der Waals surface area contributed by atoms with E-state index in [1.165, 1.54) is 24.3 Å². The first-order valence-corrected chi connectivity index (χ1v) is 8.96. The first kappa shape index (κ1) is 19.8. The zero-order valence-electron chi connectivity index (χ0n) is 15.7. The minimum Gasteiger partial charge on any atom is -0.346 e. The summed E-state index contributed by atoms with van der Waals surface area (Å²) in [5.41, 5.74) is 1.79. The van der Waals surface area contributed by atoms with Gasteiger partial charge in [0, 0.05) is 28.9 Å². The molecule has 0 spiro atoms. The van der Waals surface area contributed by atoms with Crippen LogP contribution in [0.25, 0.3) is 0 Å². The highest BCUT2D eigenvalue weighted by molar-refractivity contribution is 6.05. The molecule has 0 saturated heterocycles. The van der Waals surface area contributed by atoms with E-state index in [4.69, 9.17) is 0 Å². The molecule has 0 radical (unpaired) electrons. The number of benzene rings is 3. The van der Waals surface area contributed by atoms with Crippen LogP contribution in [-0.4, -0.2) is 16.7 Å². The van der Waals surface area contributed by atoms with Crippen molar-refractivity contribution >= 4 is 23.2 Å². The quantitative estimate of drug-likeness (QED) is 0.484. The summed E-state index contributed by atoms with van der Waals surface area (Å²) < 4.78 is 0. The van der Waals surface area contributed by atoms with Crippen molar-refractivity contribution in [3.63, 3.8) is 0 Å². The molecule has 3 aromatic rings. The second kappa shape index (κ2) is 8.79. The molecule has 0 aliphatic carbocycles. The molecule has 3 aromatic carbocycles. The van der Waals surface area contributed by atoms with Crippen LogP contribution in [0.15, 0.2) is 78.9 Å². The van der Waals surface area contributed by atoms with Crippen LogP contribution in [0.5, 0.6) is 0 Å². The highest BCUT2D eigenvalue weighted by Crippen LogP contribution is 2.17. The van der Waals surface area contributed by atoms with Crippen LogP contribution in [0, 0.1) is 10.1 Å². The Bertz CT molecular complexity index is 1050. The number of nitrogens with one attached hydrogen (secondary N) is 2. The predicted octanol–water partition coefficient (Wildman–Crippen LogP) is 4.34. The van der Waals surface area contributed by atoms with E-state index >= 15 is 0 Å². The van der Waals surface area contributed by atoms with Gasteiger partial charge in [-0.2, -0.15) is 0 Å². The summed E-state index contributed by atoms with van der Waals surface area (Å²) in [6, 6.07) is 21.4. The molecular weight excluding hydrogens is 370 g/mol. The summed E-state index contributed by atoms with van der Waals surface area (Å²) in [6.45, 7) is 1.89. The first-order chi connectivity index (χ1) is 13.9. The molecule has 7 heteroatoms. The number of anilines is 1. The van der Waals surface area contributed by atoms with Gasteiger partial charge in [-0.1, -0.05) is 42.5 Å². The monoisotopic (exact) mass is 389 g/mol. The molecule has 0 aromatic heterocycles. The summed E-state index contributed by atoms with van der Waals surface area (Å²) in [7, 11) is 0. The standard InChI is InChI=1S/C22H19N3O4/c1-15(16-7-3-2-4-8-16)23-21(26)17-9-5-11-19(13-17)24-22(27)18-10-6-12-20(14-18)25(28)29/h2-15H,1H3,(H,23,26)(H,24,27)/t15-/m0/s1. The molecule has 0 aliphatic heterocycles. The second-order valence-electron chi connectivity index (χ2n) is 6.45. The molecule has 0 aliphatic rings. The van der Waals surface area contributed by atoms with Crippen molar-refractivity contribution in [3.8, 4) is 0 Å². The molecule has 0 heterocycles. The third-order valence-electron chi connectivity index (χ3n) is 4.35. The van der Waals surface area contributed by atoms with E-state index in [-0.39, 0.29) is 23.2 Å². The topological polar surface area (TPSA) is 101 Å². The predicted molar refractivity (Wildman–Crippen MR) is 110 cm³/mol. The third-order valence-corrected chi connectivity index (χ3v) is 4.35. The van der Waals surface area contributed by atoms with Crippen molar-refractivity contribution in [1.29, 1.82) is 0 Å². The molecule has 0 bridgehead atoms. The van der Waals surface area contributed by atoms with Crippen molar-refractivity contribution in [3.05, 3.63) is 106 Å². The highest BCUT2D eigenvalue weighted by Gasteiger charge is 2.14. The highest BCUT2D eigenvalue weighted by atomic mass is 16.6. The Kier molecular flexibility index (Phi) is 5.99. The van der Waals surface area contributed by atoms with Gasteiger partial charge in [0.2, 0.25) is 0 Å². The molecule has 146 valence electrons. The van der Waals surface area contributed by atoms with Crippen LogP contribution in [0.4, 0.5) is 11.4 Å². The second-order valence-corrected chi connectivity index (χ2v) is 6.45. The number of nitro benzene ring substituents is 1. The van der Waals surface area contributed by atoms with Crippen LogP contribution in [-0.2, 0) is 0 Å². The van der Waals surface area contributed by atoms with E-state index < -0.39 is 10.8 Å². The molecule has 2 amide bonds. The van der Waals surface area contributed by atoms with Crippen molar-refractivity contribution in [2.75, 3.05) is 5.32 Å². The van der Waals surface area contributed by atoms with E-state index in [1.807, 2.05) is 37.3 Å². The number of amides is 2. The fourth-order valence-electron chi connectivity index (χ4n) is 2.81. The van der Waals surface area contributed by atoms with Gasteiger partial charge in [-0.3, -0.25) is 19.7 Å². The summed E-state index contributed by atoms with van der Waals surface area (Å²) in [6.07, 6.45) is 0. The molecule has 3 rings (SSSR count). The largest absolute Gasteiger partial charge is 0.346 e. The van der Waals surface area contributed by atoms with Gasteiger partial charge < -0.3 is 10.6 Å². The fourth-order valence-corrected chi connectivity index (χ4v) is 2.81. The number of carbonyl (C=O) groups excluding carboxylic acids is 2. The summed E-state index contributed by atoms with van der Waals surface area (Å²) >= 11 is 0. The SMILES string of the molecule is C[C@H](NC(=O)c1cccc(NC(=O)c2cccc([N+](=O)[O-])c2)c1)c1ccccc1. The lowest BCUT2D eigenvalue weighted by atomic mass is 10.1.